The maximum absolute atomic E-state index is 10.8. The zero-order chi connectivity index (χ0) is 10.8. The fourth-order valence-electron chi connectivity index (χ4n) is 1.47. The van der Waals surface area contributed by atoms with E-state index in [9.17, 15) is 4.79 Å². The van der Waals surface area contributed by atoms with Gasteiger partial charge in [-0.3, -0.25) is 14.5 Å². The predicted molar refractivity (Wildman–Crippen MR) is 56.6 cm³/mol. The number of nitrogens with zero attached hydrogens (tertiary/aromatic N) is 3. The molecule has 0 unspecified atom stereocenters. The molecule has 4 heteroatoms. The number of hydrogen-bond donors (Lipinski definition) is 0. The number of aromatic nitrogens is 3. The van der Waals surface area contributed by atoms with Crippen molar-refractivity contribution in [2.24, 2.45) is 7.05 Å². The van der Waals surface area contributed by atoms with Gasteiger partial charge in [-0.05, 0) is 24.6 Å². The highest BCUT2D eigenvalue weighted by atomic mass is 16.1. The molecule has 0 radical (unpaired) electrons. The minimum absolute atomic E-state index is 0.426. The predicted octanol–water partition coefficient (Wildman–Crippen LogP) is 1.60. The van der Waals surface area contributed by atoms with E-state index < -0.39 is 0 Å². The van der Waals surface area contributed by atoms with Gasteiger partial charge in [0.1, 0.15) is 5.69 Å². The second-order valence-electron chi connectivity index (χ2n) is 3.44. The lowest BCUT2D eigenvalue weighted by Gasteiger charge is -1.98. The molecule has 0 saturated carbocycles. The molecule has 15 heavy (non-hydrogen) atoms. The Morgan fingerprint density at radius 1 is 1.47 bits per heavy atom. The number of carbonyl (C=O) groups is 1. The van der Waals surface area contributed by atoms with Crippen LogP contribution < -0.4 is 0 Å². The van der Waals surface area contributed by atoms with Crippen LogP contribution in [0, 0.1) is 6.92 Å². The first kappa shape index (κ1) is 9.58. The summed E-state index contributed by atoms with van der Waals surface area (Å²) in [6, 6.07) is 3.85. The summed E-state index contributed by atoms with van der Waals surface area (Å²) in [5.74, 6) is 0. The molecule has 4 nitrogen and oxygen atoms in total. The lowest BCUT2D eigenvalue weighted by atomic mass is 10.1. The monoisotopic (exact) mass is 201 g/mol. The minimum Gasteiger partial charge on any atom is -0.296 e. The largest absolute Gasteiger partial charge is 0.296 e. The molecule has 2 rings (SSSR count). The zero-order valence-corrected chi connectivity index (χ0v) is 8.64. The molecular weight excluding hydrogens is 190 g/mol. The van der Waals surface area contributed by atoms with Crippen molar-refractivity contribution >= 4 is 6.29 Å². The van der Waals surface area contributed by atoms with Gasteiger partial charge < -0.3 is 0 Å². The molecule has 2 aromatic rings. The summed E-state index contributed by atoms with van der Waals surface area (Å²) >= 11 is 0. The molecule has 0 bridgehead atoms. The Bertz CT molecular complexity index is 502. The van der Waals surface area contributed by atoms with Crippen LogP contribution in [0.15, 0.2) is 24.5 Å². The molecule has 0 aliphatic rings. The SMILES string of the molecule is Cc1ccnc(-c2cn(C)nc2C=O)c1. The normalized spacial score (nSPS) is 10.3. The van der Waals surface area contributed by atoms with E-state index >= 15 is 0 Å². The Hall–Kier alpha value is -1.97. The van der Waals surface area contributed by atoms with Gasteiger partial charge in [0.15, 0.2) is 6.29 Å². The quantitative estimate of drug-likeness (QED) is 0.693. The Morgan fingerprint density at radius 3 is 2.93 bits per heavy atom. The van der Waals surface area contributed by atoms with Gasteiger partial charge in [0.2, 0.25) is 0 Å². The number of aryl methyl sites for hydroxylation is 2. The Labute approximate surface area is 87.6 Å². The van der Waals surface area contributed by atoms with Crippen LogP contribution in [0.5, 0.6) is 0 Å². The van der Waals surface area contributed by atoms with Crippen molar-refractivity contribution in [3.05, 3.63) is 35.8 Å². The van der Waals surface area contributed by atoms with E-state index in [1.165, 1.54) is 0 Å². The van der Waals surface area contributed by atoms with Crippen molar-refractivity contribution in [2.45, 2.75) is 6.92 Å². The topological polar surface area (TPSA) is 47.8 Å². The Kier molecular flexibility index (Phi) is 2.33. The molecule has 0 amide bonds. The Morgan fingerprint density at radius 2 is 2.27 bits per heavy atom. The van der Waals surface area contributed by atoms with Crippen LogP contribution in [0.1, 0.15) is 16.1 Å². The van der Waals surface area contributed by atoms with E-state index in [0.717, 1.165) is 23.1 Å². The van der Waals surface area contributed by atoms with Crippen LogP contribution in [-0.4, -0.2) is 21.1 Å². The molecule has 2 heterocycles. The number of pyridine rings is 1. The van der Waals surface area contributed by atoms with Crippen LogP contribution in [-0.2, 0) is 7.05 Å². The summed E-state index contributed by atoms with van der Waals surface area (Å²) in [5.41, 5.74) is 3.10. The molecule has 76 valence electrons. The maximum atomic E-state index is 10.8. The molecule has 0 aliphatic carbocycles. The zero-order valence-electron chi connectivity index (χ0n) is 8.64. The van der Waals surface area contributed by atoms with E-state index in [0.29, 0.717) is 5.69 Å². The molecule has 0 spiro atoms. The van der Waals surface area contributed by atoms with Crippen LogP contribution in [0.25, 0.3) is 11.3 Å². The van der Waals surface area contributed by atoms with Crippen molar-refractivity contribution in [2.75, 3.05) is 0 Å². The second-order valence-corrected chi connectivity index (χ2v) is 3.44. The van der Waals surface area contributed by atoms with Crippen LogP contribution in [0.4, 0.5) is 0 Å². The van der Waals surface area contributed by atoms with Crippen molar-refractivity contribution in [3.63, 3.8) is 0 Å². The van der Waals surface area contributed by atoms with E-state index in [1.54, 1.807) is 24.1 Å². The summed E-state index contributed by atoms with van der Waals surface area (Å²) < 4.78 is 1.61. The van der Waals surface area contributed by atoms with Gasteiger partial charge in [-0.1, -0.05) is 0 Å². The van der Waals surface area contributed by atoms with Gasteiger partial charge in [0, 0.05) is 25.0 Å². The molecule has 0 atom stereocenters. The highest BCUT2D eigenvalue weighted by Gasteiger charge is 2.09. The van der Waals surface area contributed by atoms with E-state index in [2.05, 4.69) is 10.1 Å². The molecule has 2 aromatic heterocycles. The maximum Gasteiger partial charge on any atom is 0.171 e. The lowest BCUT2D eigenvalue weighted by Crippen LogP contribution is -1.89. The van der Waals surface area contributed by atoms with Gasteiger partial charge in [0.25, 0.3) is 0 Å². The highest BCUT2D eigenvalue weighted by molar-refractivity contribution is 5.83. The van der Waals surface area contributed by atoms with E-state index in [4.69, 9.17) is 0 Å². The Balaban J connectivity index is 2.57. The van der Waals surface area contributed by atoms with Gasteiger partial charge in [-0.25, -0.2) is 0 Å². The number of aldehydes is 1. The summed E-state index contributed by atoms with van der Waals surface area (Å²) in [7, 11) is 1.78. The third-order valence-corrected chi connectivity index (χ3v) is 2.16. The van der Waals surface area contributed by atoms with Crippen molar-refractivity contribution in [1.82, 2.24) is 14.8 Å². The van der Waals surface area contributed by atoms with Gasteiger partial charge >= 0.3 is 0 Å². The molecule has 0 N–H and O–H groups in total. The molecule has 0 fully saturated rings. The van der Waals surface area contributed by atoms with Crippen LogP contribution >= 0.6 is 0 Å². The first-order chi connectivity index (χ1) is 7.20. The van der Waals surface area contributed by atoms with Crippen molar-refractivity contribution in [3.8, 4) is 11.3 Å². The van der Waals surface area contributed by atoms with Crippen molar-refractivity contribution in [1.29, 1.82) is 0 Å². The fraction of sp³-hybridized carbons (Fsp3) is 0.182. The molecule has 0 aliphatic heterocycles. The average Bonchev–Trinajstić information content (AvgIpc) is 2.59. The summed E-state index contributed by atoms with van der Waals surface area (Å²) in [6.07, 6.45) is 4.27. The van der Waals surface area contributed by atoms with Gasteiger partial charge in [-0.2, -0.15) is 5.10 Å². The van der Waals surface area contributed by atoms with E-state index in [-0.39, 0.29) is 0 Å². The fourth-order valence-corrected chi connectivity index (χ4v) is 1.47. The second kappa shape index (κ2) is 3.65. The highest BCUT2D eigenvalue weighted by Crippen LogP contribution is 2.19. The van der Waals surface area contributed by atoms with Gasteiger partial charge in [-0.15, -0.1) is 0 Å². The summed E-state index contributed by atoms with van der Waals surface area (Å²) in [5, 5.41) is 4.04. The van der Waals surface area contributed by atoms with Crippen LogP contribution in [0.2, 0.25) is 0 Å². The lowest BCUT2D eigenvalue weighted by molar-refractivity contribution is 0.111. The van der Waals surface area contributed by atoms with Gasteiger partial charge in [0.05, 0.1) is 5.69 Å². The number of hydrogen-bond acceptors (Lipinski definition) is 3. The third-order valence-electron chi connectivity index (χ3n) is 2.16. The summed E-state index contributed by atoms with van der Waals surface area (Å²) in [4.78, 5) is 15.0. The first-order valence-electron chi connectivity index (χ1n) is 4.62. The minimum atomic E-state index is 0.426. The van der Waals surface area contributed by atoms with Crippen molar-refractivity contribution < 1.29 is 4.79 Å². The third kappa shape index (κ3) is 1.79. The molecule has 0 aromatic carbocycles. The molecule has 0 saturated heterocycles. The number of rotatable bonds is 2. The van der Waals surface area contributed by atoms with E-state index in [1.807, 2.05) is 19.1 Å². The number of carbonyl (C=O) groups excluding carboxylic acids is 1. The average molecular weight is 201 g/mol. The standard InChI is InChI=1S/C11H11N3O/c1-8-3-4-12-10(5-8)9-6-14(2)13-11(9)7-15/h3-7H,1-2H3. The summed E-state index contributed by atoms with van der Waals surface area (Å²) in [6.45, 7) is 1.99. The van der Waals surface area contributed by atoms with Crippen LogP contribution in [0.3, 0.4) is 0 Å². The first-order valence-corrected chi connectivity index (χ1v) is 4.62. The smallest absolute Gasteiger partial charge is 0.171 e. The molecular formula is C11H11N3O.